The van der Waals surface area contributed by atoms with Gasteiger partial charge in [-0.2, -0.15) is 0 Å². The molecule has 2 aromatic carbocycles. The van der Waals surface area contributed by atoms with Crippen LogP contribution in [0.2, 0.25) is 5.02 Å². The van der Waals surface area contributed by atoms with E-state index < -0.39 is 5.82 Å². The van der Waals surface area contributed by atoms with Crippen molar-refractivity contribution in [2.24, 2.45) is 0 Å². The number of hydrogen-bond donors (Lipinski definition) is 1. The van der Waals surface area contributed by atoms with Gasteiger partial charge in [0.1, 0.15) is 22.7 Å². The highest BCUT2D eigenvalue weighted by Crippen LogP contribution is 2.36. The molecule has 2 heterocycles. The van der Waals surface area contributed by atoms with Gasteiger partial charge in [-0.1, -0.05) is 41.9 Å². The van der Waals surface area contributed by atoms with Crippen LogP contribution in [0.4, 0.5) is 10.2 Å². The van der Waals surface area contributed by atoms with Crippen LogP contribution in [0.3, 0.4) is 0 Å². The summed E-state index contributed by atoms with van der Waals surface area (Å²) in [7, 11) is 0. The molecule has 0 spiro atoms. The Morgan fingerprint density at radius 1 is 1.23 bits per heavy atom. The number of nitrogens with one attached hydrogen (secondary N) is 1. The van der Waals surface area contributed by atoms with Crippen LogP contribution in [0.25, 0.3) is 0 Å². The summed E-state index contributed by atoms with van der Waals surface area (Å²) < 4.78 is 23.8. The molecule has 1 atom stereocenters. The van der Waals surface area contributed by atoms with Crippen molar-refractivity contribution < 1.29 is 9.13 Å². The first-order valence-electron chi connectivity index (χ1n) is 9.86. The molecule has 0 bridgehead atoms. The summed E-state index contributed by atoms with van der Waals surface area (Å²) in [6.45, 7) is 4.11. The van der Waals surface area contributed by atoms with E-state index in [-0.39, 0.29) is 11.1 Å². The van der Waals surface area contributed by atoms with Crippen LogP contribution in [0.5, 0.6) is 5.75 Å². The Balaban J connectivity index is 1.33. The number of aromatic nitrogens is 1. The van der Waals surface area contributed by atoms with Crippen molar-refractivity contribution in [2.45, 2.75) is 36.8 Å². The van der Waals surface area contributed by atoms with Crippen LogP contribution in [-0.4, -0.2) is 29.1 Å². The standard InChI is InChI=1S/C22H23ClFN3OS2/c1-15(16-5-3-2-4-6-16)27-11-9-17(10-12-27)28-18-7-8-19(22(24)21(18)23)30-26-20-13-29-14-25-20/h2-8,13-15,17,26H,9-12H2,1H3. The van der Waals surface area contributed by atoms with Crippen LogP contribution in [0, 0.1) is 5.82 Å². The molecule has 1 saturated heterocycles. The highest BCUT2D eigenvalue weighted by molar-refractivity contribution is 8.00. The first kappa shape index (κ1) is 21.4. The van der Waals surface area contributed by atoms with Crippen molar-refractivity contribution in [3.8, 4) is 5.75 Å². The van der Waals surface area contributed by atoms with Gasteiger partial charge in [0, 0.05) is 24.5 Å². The van der Waals surface area contributed by atoms with Gasteiger partial charge in [0.25, 0.3) is 0 Å². The molecule has 1 aliphatic heterocycles. The number of halogens is 2. The van der Waals surface area contributed by atoms with Gasteiger partial charge in [-0.15, -0.1) is 11.3 Å². The first-order chi connectivity index (χ1) is 14.6. The van der Waals surface area contributed by atoms with Gasteiger partial charge in [0.2, 0.25) is 0 Å². The summed E-state index contributed by atoms with van der Waals surface area (Å²) >= 11 is 8.89. The lowest BCUT2D eigenvalue weighted by atomic mass is 10.0. The average molecular weight is 464 g/mol. The number of piperidine rings is 1. The summed E-state index contributed by atoms with van der Waals surface area (Å²) in [4.78, 5) is 6.99. The van der Waals surface area contributed by atoms with E-state index in [0.29, 0.717) is 22.5 Å². The van der Waals surface area contributed by atoms with Gasteiger partial charge < -0.3 is 9.46 Å². The van der Waals surface area contributed by atoms with Gasteiger partial charge in [0.15, 0.2) is 5.82 Å². The molecule has 8 heteroatoms. The average Bonchev–Trinajstić information content (AvgIpc) is 3.31. The molecular formula is C22H23ClFN3OS2. The van der Waals surface area contributed by atoms with E-state index in [4.69, 9.17) is 16.3 Å². The molecule has 4 rings (SSSR count). The predicted octanol–water partition coefficient (Wildman–Crippen LogP) is 6.66. The van der Waals surface area contributed by atoms with E-state index in [1.54, 1.807) is 17.6 Å². The first-order valence-corrected chi connectivity index (χ1v) is 12.0. The molecular weight excluding hydrogens is 441 g/mol. The van der Waals surface area contributed by atoms with Gasteiger partial charge in [0.05, 0.1) is 10.4 Å². The zero-order chi connectivity index (χ0) is 20.9. The fourth-order valence-corrected chi connectivity index (χ4v) is 5.03. The molecule has 0 saturated carbocycles. The minimum atomic E-state index is -0.475. The Hall–Kier alpha value is -1.80. The van der Waals surface area contributed by atoms with Gasteiger partial charge in [-0.05, 0) is 49.4 Å². The smallest absolute Gasteiger partial charge is 0.160 e. The lowest BCUT2D eigenvalue weighted by Gasteiger charge is -2.36. The second kappa shape index (κ2) is 10.0. The quantitative estimate of drug-likeness (QED) is 0.396. The highest BCUT2D eigenvalue weighted by atomic mass is 35.5. The molecule has 30 heavy (non-hydrogen) atoms. The number of ether oxygens (including phenoxy) is 1. The van der Waals surface area contributed by atoms with Crippen LogP contribution >= 0.6 is 34.9 Å². The van der Waals surface area contributed by atoms with Gasteiger partial charge in [-0.3, -0.25) is 4.90 Å². The van der Waals surface area contributed by atoms with E-state index in [2.05, 4.69) is 45.8 Å². The zero-order valence-electron chi connectivity index (χ0n) is 16.6. The third-order valence-electron chi connectivity index (χ3n) is 5.31. The highest BCUT2D eigenvalue weighted by Gasteiger charge is 2.25. The molecule has 1 unspecified atom stereocenters. The van der Waals surface area contributed by atoms with Crippen molar-refractivity contribution in [2.75, 3.05) is 17.8 Å². The molecule has 1 aliphatic rings. The second-order valence-electron chi connectivity index (χ2n) is 7.21. The number of hydrogen-bond acceptors (Lipinski definition) is 6. The third-order valence-corrected chi connectivity index (χ3v) is 7.09. The fraction of sp³-hybridized carbons (Fsp3) is 0.318. The number of nitrogens with zero attached hydrogens (tertiary/aromatic N) is 2. The third kappa shape index (κ3) is 5.09. The molecule has 1 N–H and O–H groups in total. The molecule has 0 amide bonds. The van der Waals surface area contributed by atoms with Crippen molar-refractivity contribution in [1.29, 1.82) is 0 Å². The Morgan fingerprint density at radius 3 is 2.70 bits per heavy atom. The van der Waals surface area contributed by atoms with Gasteiger partial charge >= 0.3 is 0 Å². The van der Waals surface area contributed by atoms with Crippen molar-refractivity contribution in [1.82, 2.24) is 9.88 Å². The summed E-state index contributed by atoms with van der Waals surface area (Å²) in [6, 6.07) is 14.3. The fourth-order valence-electron chi connectivity index (χ4n) is 3.56. The summed E-state index contributed by atoms with van der Waals surface area (Å²) in [6.07, 6.45) is 1.81. The molecule has 4 nitrogen and oxygen atoms in total. The summed E-state index contributed by atoms with van der Waals surface area (Å²) in [5.41, 5.74) is 3.04. The van der Waals surface area contributed by atoms with Crippen LogP contribution < -0.4 is 9.46 Å². The molecule has 1 fully saturated rings. The lowest BCUT2D eigenvalue weighted by Crippen LogP contribution is -2.39. The van der Waals surface area contributed by atoms with Crippen LogP contribution in [0.15, 0.2) is 58.3 Å². The summed E-state index contributed by atoms with van der Waals surface area (Å²) in [5, 5.41) is 1.88. The second-order valence-corrected chi connectivity index (χ2v) is 9.15. The van der Waals surface area contributed by atoms with E-state index in [9.17, 15) is 4.39 Å². The Morgan fingerprint density at radius 2 is 2.00 bits per heavy atom. The number of benzene rings is 2. The number of anilines is 1. The number of rotatable bonds is 7. The Kier molecular flexibility index (Phi) is 7.15. The summed E-state index contributed by atoms with van der Waals surface area (Å²) in [5.74, 6) is 0.621. The molecule has 1 aromatic heterocycles. The minimum Gasteiger partial charge on any atom is -0.489 e. The topological polar surface area (TPSA) is 37.4 Å². The molecule has 0 aliphatic carbocycles. The van der Waals surface area contributed by atoms with Gasteiger partial charge in [-0.25, -0.2) is 9.37 Å². The number of thiazole rings is 1. The van der Waals surface area contributed by atoms with Crippen molar-refractivity contribution in [3.05, 3.63) is 69.8 Å². The van der Waals surface area contributed by atoms with E-state index in [1.165, 1.54) is 16.9 Å². The molecule has 0 radical (unpaired) electrons. The van der Waals surface area contributed by atoms with E-state index in [1.807, 2.05) is 11.4 Å². The maximum absolute atomic E-state index is 14.7. The van der Waals surface area contributed by atoms with Crippen molar-refractivity contribution in [3.63, 3.8) is 0 Å². The molecule has 3 aromatic rings. The maximum atomic E-state index is 14.7. The SMILES string of the molecule is CC(c1ccccc1)N1CCC(Oc2ccc(SNc3cscn3)c(F)c2Cl)CC1. The Bertz CT molecular complexity index is 951. The Labute approximate surface area is 189 Å². The minimum absolute atomic E-state index is 0.0279. The predicted molar refractivity (Wildman–Crippen MR) is 123 cm³/mol. The van der Waals surface area contributed by atoms with Crippen LogP contribution in [0.1, 0.15) is 31.4 Å². The number of likely N-dealkylation sites (tertiary alicyclic amines) is 1. The normalized spacial score (nSPS) is 16.4. The van der Waals surface area contributed by atoms with Crippen molar-refractivity contribution >= 4 is 40.7 Å². The largest absolute Gasteiger partial charge is 0.489 e. The zero-order valence-corrected chi connectivity index (χ0v) is 18.9. The lowest BCUT2D eigenvalue weighted by molar-refractivity contribution is 0.0795. The molecule has 158 valence electrons. The van der Waals surface area contributed by atoms with Crippen LogP contribution in [-0.2, 0) is 0 Å². The van der Waals surface area contributed by atoms with E-state index in [0.717, 1.165) is 37.9 Å². The maximum Gasteiger partial charge on any atom is 0.160 e. The van der Waals surface area contributed by atoms with E-state index >= 15 is 0 Å². The monoisotopic (exact) mass is 463 g/mol.